The molecule has 0 aromatic carbocycles. The Bertz CT molecular complexity index is 1150. The third kappa shape index (κ3) is 3.84. The smallest absolute Gasteiger partial charge is 0.394 e. The third-order valence-corrected chi connectivity index (χ3v) is 6.37. The van der Waals surface area contributed by atoms with Crippen molar-refractivity contribution in [3.05, 3.63) is 16.7 Å². The molecule has 9 N–H and O–H groups in total. The average Bonchev–Trinajstić information content (AvgIpc) is 3.40. The zero-order chi connectivity index (χ0) is 25.0. The summed E-state index contributed by atoms with van der Waals surface area (Å²) in [7, 11) is -4.14. The van der Waals surface area contributed by atoms with Gasteiger partial charge < -0.3 is 50.2 Å². The molecule has 2 aromatic rings. The summed E-state index contributed by atoms with van der Waals surface area (Å²) in [5, 5.41) is 40.7. The largest absolute Gasteiger partial charge is 0.470 e. The van der Waals surface area contributed by atoms with Gasteiger partial charge in [0, 0.05) is 7.11 Å². The highest BCUT2D eigenvalue weighted by Crippen LogP contribution is 2.52. The molecule has 2 aliphatic heterocycles. The maximum atomic E-state index is 12.4. The number of hydrogen-bond acceptors (Lipinski definition) is 13. The zero-order valence-electron chi connectivity index (χ0n) is 17.5. The van der Waals surface area contributed by atoms with Crippen molar-refractivity contribution in [1.82, 2.24) is 19.5 Å². The Kier molecular flexibility index (Phi) is 6.56. The van der Waals surface area contributed by atoms with Crippen molar-refractivity contribution >= 4 is 24.9 Å². The van der Waals surface area contributed by atoms with Crippen molar-refractivity contribution in [3.63, 3.8) is 0 Å². The quantitative estimate of drug-likeness (QED) is 0.164. The molecule has 0 amide bonds. The molecule has 0 bridgehead atoms. The van der Waals surface area contributed by atoms with Crippen molar-refractivity contribution in [2.75, 3.05) is 26.1 Å². The number of nitrogens with one attached hydrogen (secondary N) is 1. The van der Waals surface area contributed by atoms with Gasteiger partial charge in [0.2, 0.25) is 11.7 Å². The lowest BCUT2D eigenvalue weighted by atomic mass is 9.92. The highest BCUT2D eigenvalue weighted by Gasteiger charge is 2.68. The van der Waals surface area contributed by atoms with E-state index in [0.29, 0.717) is 0 Å². The fourth-order valence-electron chi connectivity index (χ4n) is 4.49. The van der Waals surface area contributed by atoms with Gasteiger partial charge in [-0.3, -0.25) is 18.9 Å². The molecule has 0 saturated carbocycles. The van der Waals surface area contributed by atoms with E-state index in [1.165, 1.54) is 0 Å². The van der Waals surface area contributed by atoms with E-state index in [1.54, 1.807) is 0 Å². The summed E-state index contributed by atoms with van der Waals surface area (Å²) in [5.41, 5.74) is 2.04. The number of aliphatic hydroxyl groups excluding tert-OH is 4. The van der Waals surface area contributed by atoms with Crippen LogP contribution in [0, 0.1) is 0 Å². The molecule has 34 heavy (non-hydrogen) atoms. The van der Waals surface area contributed by atoms with Crippen LogP contribution in [0.4, 0.5) is 5.95 Å². The lowest BCUT2D eigenvalue weighted by Crippen LogP contribution is -2.58. The van der Waals surface area contributed by atoms with Crippen molar-refractivity contribution in [1.29, 1.82) is 0 Å². The second kappa shape index (κ2) is 8.89. The number of ether oxygens (including phenoxy) is 3. The zero-order valence-corrected chi connectivity index (χ0v) is 18.4. The Morgan fingerprint density at radius 1 is 1.26 bits per heavy atom. The minimum atomic E-state index is -5.30. The predicted molar refractivity (Wildman–Crippen MR) is 108 cm³/mol. The number of nitrogens with zero attached hydrogens (tertiary/aromatic N) is 3. The molecule has 2 saturated heterocycles. The molecule has 17 nitrogen and oxygen atoms in total. The molecule has 2 fully saturated rings. The van der Waals surface area contributed by atoms with Crippen LogP contribution in [-0.2, 0) is 29.0 Å². The molecule has 2 aromatic heterocycles. The Morgan fingerprint density at radius 2 is 1.94 bits per heavy atom. The molecule has 8 atom stereocenters. The van der Waals surface area contributed by atoms with Crippen molar-refractivity contribution in [2.24, 2.45) is 0 Å². The number of nitrogen functional groups attached to an aromatic ring is 1. The van der Waals surface area contributed by atoms with Gasteiger partial charge in [-0.2, -0.15) is 4.98 Å². The van der Waals surface area contributed by atoms with Gasteiger partial charge in [-0.25, -0.2) is 9.55 Å². The van der Waals surface area contributed by atoms with E-state index < -0.39 is 75.0 Å². The fraction of sp³-hybridized carbons (Fsp3) is 0.688. The fourth-order valence-corrected chi connectivity index (χ4v) is 5.06. The van der Waals surface area contributed by atoms with Gasteiger partial charge in [0.1, 0.15) is 42.7 Å². The Morgan fingerprint density at radius 3 is 2.50 bits per heavy atom. The number of phosphoric ester groups is 1. The maximum Gasteiger partial charge on any atom is 0.470 e. The van der Waals surface area contributed by atoms with Crippen LogP contribution >= 0.6 is 7.82 Å². The van der Waals surface area contributed by atoms with Gasteiger partial charge in [0.05, 0.1) is 19.5 Å². The number of aliphatic hydroxyl groups is 4. The van der Waals surface area contributed by atoms with Crippen LogP contribution in [0.25, 0.3) is 11.2 Å². The summed E-state index contributed by atoms with van der Waals surface area (Å²) >= 11 is 0. The van der Waals surface area contributed by atoms with Gasteiger partial charge in [-0.1, -0.05) is 0 Å². The first-order chi connectivity index (χ1) is 16.0. The number of imidazole rings is 1. The SMILES string of the molecule is CO[C@H]1[C@@H](OP(=O)(O)O)[C@](C2O[C@H](CO)[C@H](O)[C@H]2O)(n2cnc3c(=O)[nH]c(N)nc32)O[C@@H]1CO. The number of fused-ring (bicyclic) bond motifs is 1. The monoisotopic (exact) mass is 509 g/mol. The van der Waals surface area contributed by atoms with Crippen LogP contribution in [0.5, 0.6) is 0 Å². The minimum Gasteiger partial charge on any atom is -0.394 e. The van der Waals surface area contributed by atoms with Crippen molar-refractivity contribution < 1.29 is 53.5 Å². The van der Waals surface area contributed by atoms with E-state index in [0.717, 1.165) is 18.0 Å². The van der Waals surface area contributed by atoms with E-state index in [1.807, 2.05) is 0 Å². The second-order valence-electron chi connectivity index (χ2n) is 7.80. The average molecular weight is 509 g/mol. The number of aromatic nitrogens is 4. The van der Waals surface area contributed by atoms with Crippen molar-refractivity contribution in [3.8, 4) is 0 Å². The lowest BCUT2D eigenvalue weighted by molar-refractivity contribution is -0.228. The number of phosphoric acid groups is 1. The number of rotatable bonds is 7. The van der Waals surface area contributed by atoms with E-state index in [9.17, 15) is 39.6 Å². The number of aromatic amines is 1. The first-order valence-electron chi connectivity index (χ1n) is 9.89. The summed E-state index contributed by atoms with van der Waals surface area (Å²) < 4.78 is 34.9. The summed E-state index contributed by atoms with van der Waals surface area (Å²) in [4.78, 5) is 41.9. The highest BCUT2D eigenvalue weighted by atomic mass is 31.2. The van der Waals surface area contributed by atoms with Crippen LogP contribution in [-0.4, -0.2) is 113 Å². The number of anilines is 1. The molecule has 2 aliphatic rings. The van der Waals surface area contributed by atoms with E-state index >= 15 is 0 Å². The van der Waals surface area contributed by atoms with Gasteiger partial charge in [0.25, 0.3) is 5.56 Å². The Balaban J connectivity index is 2.03. The van der Waals surface area contributed by atoms with Gasteiger partial charge in [0.15, 0.2) is 11.2 Å². The second-order valence-corrected chi connectivity index (χ2v) is 9.00. The molecule has 0 radical (unpaired) electrons. The number of H-pyrrole nitrogens is 1. The Labute approximate surface area is 189 Å². The van der Waals surface area contributed by atoms with Crippen LogP contribution in [0.15, 0.2) is 11.1 Å². The van der Waals surface area contributed by atoms with Gasteiger partial charge in [-0.05, 0) is 0 Å². The standard InChI is InChI=1S/C16H24N5O12P/c1-30-10-6(3-23)32-16(12(10)33-34(27,28)29,11-9(25)8(24)5(2-22)31-11)21-4-18-7-13(21)19-15(17)20-14(7)26/h4-6,8-12,22-25H,2-3H2,1H3,(H2,27,28,29)(H3,17,19,20,26)/t5-,6-,8+,9-,10-,11?,12-,16-/m1/s1. The first-order valence-corrected chi connectivity index (χ1v) is 11.4. The summed E-state index contributed by atoms with van der Waals surface area (Å²) in [6.45, 7) is -1.47. The molecule has 190 valence electrons. The molecular weight excluding hydrogens is 485 g/mol. The Hall–Kier alpha value is -2.02. The summed E-state index contributed by atoms with van der Waals surface area (Å²) in [6, 6.07) is 0. The molecular formula is C16H24N5O12P. The van der Waals surface area contributed by atoms with Crippen molar-refractivity contribution in [2.45, 2.75) is 48.5 Å². The molecule has 1 unspecified atom stereocenters. The van der Waals surface area contributed by atoms with Gasteiger partial charge >= 0.3 is 7.82 Å². The van der Waals surface area contributed by atoms with Gasteiger partial charge in [-0.15, -0.1) is 0 Å². The number of methoxy groups -OCH3 is 1. The topological polar surface area (TPSA) is 265 Å². The van der Waals surface area contributed by atoms with Crippen LogP contribution in [0.2, 0.25) is 0 Å². The van der Waals surface area contributed by atoms with Crippen LogP contribution in [0.1, 0.15) is 0 Å². The molecule has 4 rings (SSSR count). The minimum absolute atomic E-state index is 0.258. The molecule has 0 spiro atoms. The summed E-state index contributed by atoms with van der Waals surface area (Å²) in [5.74, 6) is -0.344. The molecule has 4 heterocycles. The van der Waals surface area contributed by atoms with E-state index in [-0.39, 0.29) is 17.1 Å². The number of hydrogen-bond donors (Lipinski definition) is 8. The summed E-state index contributed by atoms with van der Waals surface area (Å²) in [6.07, 6.45) is -10.0. The first kappa shape index (κ1) is 25.1. The normalized spacial score (nSPS) is 36.5. The molecule has 0 aliphatic carbocycles. The maximum absolute atomic E-state index is 12.4. The number of nitrogens with two attached hydrogens (primary N) is 1. The predicted octanol–water partition coefficient (Wildman–Crippen LogP) is -4.28. The third-order valence-electron chi connectivity index (χ3n) is 5.87. The molecule has 18 heteroatoms. The highest BCUT2D eigenvalue weighted by molar-refractivity contribution is 7.46. The van der Waals surface area contributed by atoms with Crippen LogP contribution in [0.3, 0.4) is 0 Å². The van der Waals surface area contributed by atoms with Crippen LogP contribution < -0.4 is 11.3 Å². The van der Waals surface area contributed by atoms with E-state index in [4.69, 9.17) is 24.5 Å². The van der Waals surface area contributed by atoms with E-state index in [2.05, 4.69) is 15.0 Å². The lowest BCUT2D eigenvalue weighted by Gasteiger charge is -2.41.